The number of para-hydroxylation sites is 1. The van der Waals surface area contributed by atoms with E-state index in [1.807, 2.05) is 26.0 Å². The molecule has 2 aromatic carbocycles. The number of carbonyl (C=O) groups is 1. The van der Waals surface area contributed by atoms with E-state index >= 15 is 0 Å². The topological polar surface area (TPSA) is 56.4 Å². The first-order chi connectivity index (χ1) is 16.0. The minimum atomic E-state index is -0.00881. The first kappa shape index (κ1) is 25.2. The largest absolute Gasteiger partial charge is 0.372 e. The molecule has 0 aliphatic carbocycles. The number of likely N-dealkylation sites (tertiary alicyclic amines) is 1. The number of rotatable bonds is 11. The monoisotopic (exact) mass is 466 g/mol. The highest BCUT2D eigenvalue weighted by Gasteiger charge is 2.20. The fourth-order valence-electron chi connectivity index (χ4n) is 4.14. The van der Waals surface area contributed by atoms with E-state index in [2.05, 4.69) is 70.1 Å². The van der Waals surface area contributed by atoms with Crippen LogP contribution >= 0.6 is 11.8 Å². The third-order valence-electron chi connectivity index (χ3n) is 6.12. The van der Waals surface area contributed by atoms with Gasteiger partial charge < -0.3 is 20.9 Å². The van der Waals surface area contributed by atoms with Crippen molar-refractivity contribution in [2.24, 2.45) is 5.92 Å². The molecule has 178 valence electrons. The van der Waals surface area contributed by atoms with Gasteiger partial charge in [-0.1, -0.05) is 44.7 Å². The Kier molecular flexibility index (Phi) is 9.70. The SMILES string of the molecule is C=C(NCCCN1CCC(c2cccc(NC(=O)C(C)C)c2)CC1)Nc1ccccc1SC. The molecule has 1 fully saturated rings. The first-order valence-corrected chi connectivity index (χ1v) is 13.1. The van der Waals surface area contributed by atoms with Crippen molar-refractivity contribution in [3.8, 4) is 0 Å². The molecule has 0 unspecified atom stereocenters. The Morgan fingerprint density at radius 1 is 1.12 bits per heavy atom. The van der Waals surface area contributed by atoms with E-state index in [1.165, 1.54) is 10.5 Å². The second-order valence-corrected chi connectivity index (χ2v) is 9.82. The molecule has 1 aliphatic rings. The Hall–Kier alpha value is -2.44. The van der Waals surface area contributed by atoms with E-state index in [-0.39, 0.29) is 11.8 Å². The molecule has 33 heavy (non-hydrogen) atoms. The van der Waals surface area contributed by atoms with Gasteiger partial charge in [-0.25, -0.2) is 0 Å². The van der Waals surface area contributed by atoms with Crippen molar-refractivity contribution in [1.82, 2.24) is 10.2 Å². The highest BCUT2D eigenvalue weighted by atomic mass is 32.2. The van der Waals surface area contributed by atoms with Crippen LogP contribution in [0, 0.1) is 5.92 Å². The summed E-state index contributed by atoms with van der Waals surface area (Å²) in [6.45, 7) is 12.2. The third kappa shape index (κ3) is 7.83. The fraction of sp³-hybridized carbons (Fsp3) is 0.444. The van der Waals surface area contributed by atoms with Crippen LogP contribution < -0.4 is 16.0 Å². The number of carbonyl (C=O) groups excluding carboxylic acids is 1. The summed E-state index contributed by atoms with van der Waals surface area (Å²) in [5.74, 6) is 1.47. The van der Waals surface area contributed by atoms with E-state index in [1.54, 1.807) is 11.8 Å². The summed E-state index contributed by atoms with van der Waals surface area (Å²) in [5.41, 5.74) is 3.34. The van der Waals surface area contributed by atoms with E-state index < -0.39 is 0 Å². The molecule has 5 nitrogen and oxygen atoms in total. The Balaban J connectivity index is 1.36. The van der Waals surface area contributed by atoms with Gasteiger partial charge in [-0.2, -0.15) is 0 Å². The van der Waals surface area contributed by atoms with Crippen LogP contribution in [0.4, 0.5) is 11.4 Å². The van der Waals surface area contributed by atoms with Crippen LogP contribution in [0.5, 0.6) is 0 Å². The molecular formula is C27H38N4OS. The van der Waals surface area contributed by atoms with Crippen LogP contribution in [0.1, 0.15) is 44.6 Å². The van der Waals surface area contributed by atoms with Crippen molar-refractivity contribution < 1.29 is 4.79 Å². The van der Waals surface area contributed by atoms with Crippen LogP contribution in [0.15, 0.2) is 65.8 Å². The molecule has 0 atom stereocenters. The van der Waals surface area contributed by atoms with Gasteiger partial charge in [-0.3, -0.25) is 4.79 Å². The van der Waals surface area contributed by atoms with Crippen LogP contribution in [0.2, 0.25) is 0 Å². The van der Waals surface area contributed by atoms with Crippen molar-refractivity contribution in [1.29, 1.82) is 0 Å². The zero-order valence-electron chi connectivity index (χ0n) is 20.2. The number of hydrogen-bond donors (Lipinski definition) is 3. The lowest BCUT2D eigenvalue weighted by molar-refractivity contribution is -0.118. The maximum absolute atomic E-state index is 12.0. The molecule has 0 saturated carbocycles. The zero-order chi connectivity index (χ0) is 23.6. The van der Waals surface area contributed by atoms with Crippen molar-refractivity contribution in [3.05, 3.63) is 66.5 Å². The molecule has 6 heteroatoms. The molecule has 0 spiro atoms. The zero-order valence-corrected chi connectivity index (χ0v) is 21.0. The van der Waals surface area contributed by atoms with E-state index in [4.69, 9.17) is 0 Å². The molecule has 2 aromatic rings. The number of amides is 1. The molecule has 0 aromatic heterocycles. The second-order valence-electron chi connectivity index (χ2n) is 8.97. The van der Waals surface area contributed by atoms with Gasteiger partial charge in [-0.15, -0.1) is 11.8 Å². The van der Waals surface area contributed by atoms with Crippen molar-refractivity contribution in [2.75, 3.05) is 43.1 Å². The maximum Gasteiger partial charge on any atom is 0.226 e. The average molecular weight is 467 g/mol. The minimum Gasteiger partial charge on any atom is -0.372 e. The quantitative estimate of drug-likeness (QED) is 0.291. The van der Waals surface area contributed by atoms with Gasteiger partial charge in [0.15, 0.2) is 0 Å². The van der Waals surface area contributed by atoms with Crippen molar-refractivity contribution in [3.63, 3.8) is 0 Å². The van der Waals surface area contributed by atoms with Gasteiger partial charge in [0.25, 0.3) is 0 Å². The Morgan fingerprint density at radius 3 is 2.61 bits per heavy atom. The van der Waals surface area contributed by atoms with Gasteiger partial charge in [-0.05, 0) is 80.9 Å². The maximum atomic E-state index is 12.0. The molecule has 0 bridgehead atoms. The summed E-state index contributed by atoms with van der Waals surface area (Å²) in [6.07, 6.45) is 5.50. The molecule has 0 radical (unpaired) electrons. The number of thioether (sulfide) groups is 1. The molecule has 3 rings (SSSR count). The van der Waals surface area contributed by atoms with E-state index in [0.717, 1.165) is 62.6 Å². The summed E-state index contributed by atoms with van der Waals surface area (Å²) >= 11 is 1.73. The second kappa shape index (κ2) is 12.7. The van der Waals surface area contributed by atoms with Gasteiger partial charge in [0.05, 0.1) is 11.5 Å². The Bertz CT molecular complexity index is 922. The molecular weight excluding hydrogens is 428 g/mol. The summed E-state index contributed by atoms with van der Waals surface area (Å²) in [6, 6.07) is 16.7. The average Bonchev–Trinajstić information content (AvgIpc) is 2.82. The third-order valence-corrected chi connectivity index (χ3v) is 6.92. The lowest BCUT2D eigenvalue weighted by Crippen LogP contribution is -2.35. The van der Waals surface area contributed by atoms with Gasteiger partial charge in [0.1, 0.15) is 0 Å². The number of hydrogen-bond acceptors (Lipinski definition) is 5. The number of nitrogens with zero attached hydrogens (tertiary/aromatic N) is 1. The Labute approximate surface area is 203 Å². The van der Waals surface area contributed by atoms with Crippen LogP contribution in [-0.2, 0) is 4.79 Å². The predicted octanol–water partition coefficient (Wildman–Crippen LogP) is 5.75. The lowest BCUT2D eigenvalue weighted by atomic mass is 9.89. The van der Waals surface area contributed by atoms with Gasteiger partial charge in [0, 0.05) is 23.0 Å². The van der Waals surface area contributed by atoms with Crippen LogP contribution in [-0.4, -0.2) is 43.2 Å². The lowest BCUT2D eigenvalue weighted by Gasteiger charge is -2.32. The minimum absolute atomic E-state index is 0.00881. The standard InChI is InChI=1S/C27H38N4OS/c1-20(2)27(32)30-24-10-7-9-23(19-24)22-13-17-31(18-14-22)16-8-15-28-21(3)29-25-11-5-6-12-26(25)33-4/h5-7,9-12,19-20,22,28-29H,3,8,13-18H2,1-2,4H3,(H,30,32). The molecule has 1 amide bonds. The van der Waals surface area contributed by atoms with Crippen LogP contribution in [0.25, 0.3) is 0 Å². The Morgan fingerprint density at radius 2 is 1.88 bits per heavy atom. The number of anilines is 2. The molecule has 1 aliphatic heterocycles. The molecule has 1 saturated heterocycles. The van der Waals surface area contributed by atoms with E-state index in [0.29, 0.717) is 5.92 Å². The highest BCUT2D eigenvalue weighted by Crippen LogP contribution is 2.30. The first-order valence-electron chi connectivity index (χ1n) is 11.9. The highest BCUT2D eigenvalue weighted by molar-refractivity contribution is 7.98. The number of benzene rings is 2. The molecule has 3 N–H and O–H groups in total. The van der Waals surface area contributed by atoms with Crippen LogP contribution in [0.3, 0.4) is 0 Å². The van der Waals surface area contributed by atoms with E-state index in [9.17, 15) is 4.79 Å². The summed E-state index contributed by atoms with van der Waals surface area (Å²) < 4.78 is 0. The summed E-state index contributed by atoms with van der Waals surface area (Å²) in [5, 5.41) is 9.82. The van der Waals surface area contributed by atoms with Gasteiger partial charge in [0.2, 0.25) is 5.91 Å². The van der Waals surface area contributed by atoms with Crippen molar-refractivity contribution >= 4 is 29.0 Å². The predicted molar refractivity (Wildman–Crippen MR) is 142 cm³/mol. The van der Waals surface area contributed by atoms with Crippen molar-refractivity contribution in [2.45, 2.75) is 43.9 Å². The summed E-state index contributed by atoms with van der Waals surface area (Å²) in [7, 11) is 0. The number of piperidine rings is 1. The van der Waals surface area contributed by atoms with Gasteiger partial charge >= 0.3 is 0 Å². The number of nitrogens with one attached hydrogen (secondary N) is 3. The normalized spacial score (nSPS) is 14.8. The summed E-state index contributed by atoms with van der Waals surface area (Å²) in [4.78, 5) is 15.8. The fourth-order valence-corrected chi connectivity index (χ4v) is 4.70. The smallest absolute Gasteiger partial charge is 0.226 e. The molecule has 1 heterocycles.